The topological polar surface area (TPSA) is 15.7 Å². The van der Waals surface area contributed by atoms with Crippen LogP contribution in [0.15, 0.2) is 78.9 Å². The molecule has 1 heterocycles. The second-order valence-electron chi connectivity index (χ2n) is 13.6. The van der Waals surface area contributed by atoms with E-state index in [0.717, 1.165) is 30.2 Å². The standard InChI is InChI=1S/C28H41N2.C13H9ClO.2ClH.Ru/c1-18(2)23-11-10-12-24(19(3)4)27(23)29-13-14-30(17-29)28-25(20(5)6)15-22(9)16-26(28)21(7)8;1-10-4-2-3-5-13(10)15-12-8-6-11(14)7-9-12;;;/h10-12,15-21H,13-14H2,1-9H3;1-9H;2*1H;/q-1;;;;+2/p-2. The summed E-state index contributed by atoms with van der Waals surface area (Å²) >= 11 is 3.96. The summed E-state index contributed by atoms with van der Waals surface area (Å²) in [6.07, 6.45) is 0. The van der Waals surface area contributed by atoms with Gasteiger partial charge < -0.3 is 9.80 Å². The summed E-state index contributed by atoms with van der Waals surface area (Å²) in [5.41, 5.74) is 11.0. The molecule has 0 aliphatic carbocycles. The van der Waals surface area contributed by atoms with E-state index in [2.05, 4.69) is 109 Å². The zero-order valence-corrected chi connectivity index (χ0v) is 33.7. The summed E-state index contributed by atoms with van der Waals surface area (Å²) in [5.74, 6) is 3.50. The molecule has 1 aliphatic heterocycles. The van der Waals surface area contributed by atoms with Crippen molar-refractivity contribution in [3.05, 3.63) is 124 Å². The fourth-order valence-electron chi connectivity index (χ4n) is 6.10. The van der Waals surface area contributed by atoms with Gasteiger partial charge >= 0.3 is 124 Å². The van der Waals surface area contributed by atoms with E-state index in [1.54, 1.807) is 12.1 Å². The maximum absolute atomic E-state index is 5.89. The van der Waals surface area contributed by atoms with Crippen molar-refractivity contribution in [3.8, 4) is 11.5 Å². The molecular formula is C41H50Cl3N2ORu-. The molecule has 0 unspecified atom stereocenters. The van der Waals surface area contributed by atoms with Crippen molar-refractivity contribution >= 4 is 47.0 Å². The first-order chi connectivity index (χ1) is 22.8. The number of rotatable bonds is 9. The van der Waals surface area contributed by atoms with E-state index in [1.807, 2.05) is 41.0 Å². The SMILES string of the molecule is Cc1cc(C(C)C)c(N2[CH-]N(c3c(C(C)C)cccc3C(C)C)CC2)c(C(C)C)c1.Clc1ccc(Oc2ccccc2[CH]=[Ru]([Cl])[Cl])cc1. The van der Waals surface area contributed by atoms with Crippen molar-refractivity contribution in [2.45, 2.75) is 86.0 Å². The number of hydrogen-bond acceptors (Lipinski definition) is 3. The first kappa shape index (κ1) is 38.4. The van der Waals surface area contributed by atoms with Crippen molar-refractivity contribution in [1.29, 1.82) is 0 Å². The summed E-state index contributed by atoms with van der Waals surface area (Å²) in [7, 11) is 11.8. The quantitative estimate of drug-likeness (QED) is 0.124. The minimum atomic E-state index is -1.86. The van der Waals surface area contributed by atoms with Crippen LogP contribution in [0.3, 0.4) is 0 Å². The first-order valence-electron chi connectivity index (χ1n) is 16.8. The Morgan fingerprint density at radius 2 is 1.15 bits per heavy atom. The van der Waals surface area contributed by atoms with Crippen molar-refractivity contribution in [3.63, 3.8) is 0 Å². The van der Waals surface area contributed by atoms with Crippen molar-refractivity contribution in [1.82, 2.24) is 0 Å². The molecule has 0 atom stereocenters. The van der Waals surface area contributed by atoms with E-state index in [0.29, 0.717) is 28.7 Å². The number of halogens is 3. The third-order valence-corrected chi connectivity index (χ3v) is 10.6. The van der Waals surface area contributed by atoms with Crippen LogP contribution >= 0.6 is 31.0 Å². The summed E-state index contributed by atoms with van der Waals surface area (Å²) in [4.78, 5) is 5.03. The first-order valence-corrected chi connectivity index (χ1v) is 22.6. The monoisotopic (exact) mass is 793 g/mol. The normalized spacial score (nSPS) is 13.4. The van der Waals surface area contributed by atoms with Gasteiger partial charge in [0.15, 0.2) is 0 Å². The Morgan fingerprint density at radius 3 is 1.62 bits per heavy atom. The van der Waals surface area contributed by atoms with Crippen LogP contribution in [0.1, 0.15) is 112 Å². The molecule has 0 spiro atoms. The van der Waals surface area contributed by atoms with Crippen LogP contribution in [-0.2, 0) is 13.5 Å². The fourth-order valence-corrected chi connectivity index (χ4v) is 8.03. The Hall–Kier alpha value is -2.36. The number of anilines is 2. The van der Waals surface area contributed by atoms with Crippen LogP contribution in [0.5, 0.6) is 11.5 Å². The third-order valence-electron chi connectivity index (χ3n) is 8.48. The van der Waals surface area contributed by atoms with Crippen LogP contribution in [0.25, 0.3) is 0 Å². The molecule has 0 bridgehead atoms. The number of hydrogen-bond donors (Lipinski definition) is 0. The van der Waals surface area contributed by atoms with E-state index in [1.165, 1.54) is 39.2 Å². The maximum atomic E-state index is 5.89. The van der Waals surface area contributed by atoms with Gasteiger partial charge in [-0.2, -0.15) is 6.67 Å². The number of nitrogens with zero attached hydrogens (tertiary/aromatic N) is 2. The molecule has 4 aromatic carbocycles. The van der Waals surface area contributed by atoms with E-state index in [-0.39, 0.29) is 0 Å². The van der Waals surface area contributed by atoms with Crippen molar-refractivity contribution in [2.75, 3.05) is 22.9 Å². The predicted molar refractivity (Wildman–Crippen MR) is 208 cm³/mol. The average molecular weight is 794 g/mol. The van der Waals surface area contributed by atoms with Crippen LogP contribution in [0, 0.1) is 13.6 Å². The zero-order valence-electron chi connectivity index (χ0n) is 29.7. The third kappa shape index (κ3) is 9.88. The van der Waals surface area contributed by atoms with Crippen LogP contribution < -0.4 is 14.5 Å². The Bertz CT molecular complexity index is 1640. The second kappa shape index (κ2) is 17.5. The molecule has 3 nitrogen and oxygen atoms in total. The Morgan fingerprint density at radius 1 is 0.667 bits per heavy atom. The van der Waals surface area contributed by atoms with Crippen LogP contribution in [0.2, 0.25) is 5.02 Å². The van der Waals surface area contributed by atoms with Gasteiger partial charge in [-0.3, -0.25) is 0 Å². The van der Waals surface area contributed by atoms with Gasteiger partial charge in [0, 0.05) is 24.5 Å². The van der Waals surface area contributed by atoms with E-state index in [4.69, 9.17) is 35.7 Å². The molecule has 1 saturated heterocycles. The predicted octanol–water partition coefficient (Wildman–Crippen LogP) is 13.1. The molecule has 0 amide bonds. The molecular weight excluding hydrogens is 744 g/mol. The van der Waals surface area contributed by atoms with E-state index in [9.17, 15) is 0 Å². The number of ether oxygens (including phenoxy) is 1. The molecule has 5 rings (SSSR count). The number of para-hydroxylation sites is 2. The Balaban J connectivity index is 0.000000246. The van der Waals surface area contributed by atoms with Crippen LogP contribution in [-0.4, -0.2) is 17.7 Å². The van der Waals surface area contributed by atoms with Gasteiger partial charge in [0.05, 0.1) is 0 Å². The molecule has 7 heteroatoms. The zero-order chi connectivity index (χ0) is 35.1. The summed E-state index contributed by atoms with van der Waals surface area (Å²) < 4.78 is 7.64. The molecule has 1 fully saturated rings. The van der Waals surface area contributed by atoms with Gasteiger partial charge in [0.25, 0.3) is 0 Å². The Kier molecular flexibility index (Phi) is 14.0. The van der Waals surface area contributed by atoms with Gasteiger partial charge in [-0.25, -0.2) is 0 Å². The molecule has 0 saturated carbocycles. The summed E-state index contributed by atoms with van der Waals surface area (Å²) in [6.45, 7) is 25.2. The van der Waals surface area contributed by atoms with Gasteiger partial charge in [-0.15, -0.1) is 0 Å². The van der Waals surface area contributed by atoms with Gasteiger partial charge in [0.1, 0.15) is 0 Å². The Labute approximate surface area is 307 Å². The minimum absolute atomic E-state index is 0.508. The molecule has 4 aromatic rings. The number of aryl methyl sites for hydroxylation is 1. The molecule has 48 heavy (non-hydrogen) atoms. The molecule has 260 valence electrons. The average Bonchev–Trinajstić information content (AvgIpc) is 3.52. The van der Waals surface area contributed by atoms with Gasteiger partial charge in [-0.1, -0.05) is 91.3 Å². The fraction of sp³-hybridized carbons (Fsp3) is 0.366. The second-order valence-corrected chi connectivity index (χ2v) is 19.8. The summed E-state index contributed by atoms with van der Waals surface area (Å²) in [5, 5.41) is 0.677. The van der Waals surface area contributed by atoms with Crippen molar-refractivity contribution < 1.29 is 18.3 Å². The summed E-state index contributed by atoms with van der Waals surface area (Å²) in [6, 6.07) is 26.5. The molecule has 0 radical (unpaired) electrons. The van der Waals surface area contributed by atoms with Gasteiger partial charge in [0.2, 0.25) is 0 Å². The molecule has 0 N–H and O–H groups in total. The number of benzene rings is 4. The van der Waals surface area contributed by atoms with Gasteiger partial charge in [-0.05, 0) is 52.8 Å². The van der Waals surface area contributed by atoms with Crippen molar-refractivity contribution in [2.24, 2.45) is 0 Å². The molecule has 0 aromatic heterocycles. The van der Waals surface area contributed by atoms with E-state index >= 15 is 0 Å². The van der Waals surface area contributed by atoms with Crippen LogP contribution in [0.4, 0.5) is 11.4 Å². The van der Waals surface area contributed by atoms with E-state index < -0.39 is 13.5 Å². The molecule has 1 aliphatic rings.